The predicted molar refractivity (Wildman–Crippen MR) is 104 cm³/mol. The molecule has 0 fully saturated rings. The van der Waals surface area contributed by atoms with Crippen molar-refractivity contribution in [3.63, 3.8) is 0 Å². The van der Waals surface area contributed by atoms with Gasteiger partial charge in [0.15, 0.2) is 11.5 Å². The van der Waals surface area contributed by atoms with E-state index in [-0.39, 0.29) is 19.1 Å². The number of hydrogen-bond acceptors (Lipinski definition) is 4. The molecule has 1 heterocycles. The molecule has 6 nitrogen and oxygen atoms in total. The molecule has 0 aliphatic carbocycles. The van der Waals surface area contributed by atoms with E-state index in [9.17, 15) is 9.90 Å². The van der Waals surface area contributed by atoms with Crippen LogP contribution in [0.4, 0.5) is 0 Å². The molecule has 0 radical (unpaired) electrons. The molecule has 0 bridgehead atoms. The number of aromatic nitrogens is 1. The highest BCUT2D eigenvalue weighted by molar-refractivity contribution is 5.99. The number of ether oxygens (including phenoxy) is 2. The minimum atomic E-state index is -0.135. The lowest BCUT2D eigenvalue weighted by molar-refractivity contribution is 0.0698. The van der Waals surface area contributed by atoms with E-state index in [2.05, 4.69) is 0 Å². The molecular weight excluding hydrogens is 344 g/mol. The molecule has 3 rings (SSSR count). The molecule has 27 heavy (non-hydrogen) atoms. The van der Waals surface area contributed by atoms with E-state index in [1.54, 1.807) is 19.1 Å². The molecule has 0 saturated heterocycles. The highest BCUT2D eigenvalue weighted by Gasteiger charge is 2.21. The molecule has 1 aromatic heterocycles. The van der Waals surface area contributed by atoms with Gasteiger partial charge in [-0.1, -0.05) is 30.3 Å². The molecular formula is C21H24N2O4. The molecule has 1 amide bonds. The second-order valence-electron chi connectivity index (χ2n) is 6.29. The zero-order valence-electron chi connectivity index (χ0n) is 15.8. The van der Waals surface area contributed by atoms with Crippen LogP contribution in [0, 0.1) is 0 Å². The first kappa shape index (κ1) is 18.8. The third-order valence-corrected chi connectivity index (χ3v) is 4.64. The molecule has 0 atom stereocenters. The van der Waals surface area contributed by atoms with E-state index >= 15 is 0 Å². The zero-order valence-corrected chi connectivity index (χ0v) is 15.8. The molecule has 142 valence electrons. The minimum absolute atomic E-state index is 0.0931. The van der Waals surface area contributed by atoms with Crippen LogP contribution in [0.5, 0.6) is 11.5 Å². The van der Waals surface area contributed by atoms with Gasteiger partial charge in [-0.15, -0.1) is 0 Å². The van der Waals surface area contributed by atoms with Crippen LogP contribution in [0.1, 0.15) is 16.1 Å². The van der Waals surface area contributed by atoms with E-state index in [1.165, 1.54) is 0 Å². The average Bonchev–Trinajstić information content (AvgIpc) is 3.02. The van der Waals surface area contributed by atoms with Gasteiger partial charge in [0.1, 0.15) is 5.69 Å². The SMILES string of the molecule is COc1cc2cc(C(=O)N(CCO)Cc3ccccc3)n(C)c2cc1OC. The first-order chi connectivity index (χ1) is 13.1. The molecule has 0 unspecified atom stereocenters. The van der Waals surface area contributed by atoms with Gasteiger partial charge in [-0.25, -0.2) is 0 Å². The molecule has 6 heteroatoms. The van der Waals surface area contributed by atoms with Crippen LogP contribution < -0.4 is 9.47 Å². The summed E-state index contributed by atoms with van der Waals surface area (Å²) in [5.41, 5.74) is 2.44. The molecule has 0 spiro atoms. The standard InChI is InChI=1S/C21H24N2O4/c1-22-17-13-20(27-3)19(26-2)12-16(17)11-18(22)21(25)23(9-10-24)14-15-7-5-4-6-8-15/h4-8,11-13,24H,9-10,14H2,1-3H3. The fourth-order valence-corrected chi connectivity index (χ4v) is 3.21. The maximum atomic E-state index is 13.2. The molecule has 0 aliphatic heterocycles. The number of carbonyl (C=O) groups is 1. The number of carbonyl (C=O) groups excluding carboxylic acids is 1. The number of amides is 1. The van der Waals surface area contributed by atoms with Crippen LogP contribution in [-0.2, 0) is 13.6 Å². The normalized spacial score (nSPS) is 10.8. The smallest absolute Gasteiger partial charge is 0.270 e. The van der Waals surface area contributed by atoms with Gasteiger partial charge in [0, 0.05) is 31.6 Å². The lowest BCUT2D eigenvalue weighted by Gasteiger charge is -2.22. The third-order valence-electron chi connectivity index (χ3n) is 4.64. The van der Waals surface area contributed by atoms with Crippen LogP contribution in [0.15, 0.2) is 48.5 Å². The van der Waals surface area contributed by atoms with Crippen LogP contribution in [0.3, 0.4) is 0 Å². The maximum Gasteiger partial charge on any atom is 0.270 e. The first-order valence-corrected chi connectivity index (χ1v) is 8.74. The monoisotopic (exact) mass is 368 g/mol. The Morgan fingerprint density at radius 3 is 2.37 bits per heavy atom. The van der Waals surface area contributed by atoms with Gasteiger partial charge in [0.05, 0.1) is 26.3 Å². The Bertz CT molecular complexity index is 934. The van der Waals surface area contributed by atoms with Crippen molar-refractivity contribution < 1.29 is 19.4 Å². The van der Waals surface area contributed by atoms with Crippen LogP contribution >= 0.6 is 0 Å². The second kappa shape index (κ2) is 8.14. The number of fused-ring (bicyclic) bond motifs is 1. The largest absolute Gasteiger partial charge is 0.493 e. The number of aryl methyl sites for hydroxylation is 1. The number of methoxy groups -OCH3 is 2. The fraction of sp³-hybridized carbons (Fsp3) is 0.286. The summed E-state index contributed by atoms with van der Waals surface area (Å²) in [7, 11) is 5.02. The predicted octanol–water partition coefficient (Wildman–Crippen LogP) is 2.83. The van der Waals surface area contributed by atoms with Crippen molar-refractivity contribution >= 4 is 16.8 Å². The number of aliphatic hydroxyl groups is 1. The summed E-state index contributed by atoms with van der Waals surface area (Å²) < 4.78 is 12.6. The Labute approximate surface area is 158 Å². The zero-order chi connectivity index (χ0) is 19.4. The summed E-state index contributed by atoms with van der Waals surface area (Å²) in [5.74, 6) is 1.09. The Hall–Kier alpha value is -2.99. The van der Waals surface area contributed by atoms with Gasteiger partial charge in [-0.2, -0.15) is 0 Å². The number of hydrogen-bond donors (Lipinski definition) is 1. The minimum Gasteiger partial charge on any atom is -0.493 e. The maximum absolute atomic E-state index is 13.2. The van der Waals surface area contributed by atoms with Gasteiger partial charge < -0.3 is 24.0 Å². The van der Waals surface area contributed by atoms with Crippen LogP contribution in [0.2, 0.25) is 0 Å². The van der Waals surface area contributed by atoms with E-state index < -0.39 is 0 Å². The topological polar surface area (TPSA) is 63.9 Å². The lowest BCUT2D eigenvalue weighted by Crippen LogP contribution is -2.34. The van der Waals surface area contributed by atoms with E-state index in [1.807, 2.05) is 60.1 Å². The Morgan fingerprint density at radius 2 is 1.74 bits per heavy atom. The van der Waals surface area contributed by atoms with Gasteiger partial charge >= 0.3 is 0 Å². The van der Waals surface area contributed by atoms with Crippen LogP contribution in [0.25, 0.3) is 10.9 Å². The average molecular weight is 368 g/mol. The van der Waals surface area contributed by atoms with Crippen molar-refractivity contribution in [1.82, 2.24) is 9.47 Å². The Kier molecular flexibility index (Phi) is 5.66. The summed E-state index contributed by atoms with van der Waals surface area (Å²) in [5, 5.41) is 10.3. The summed E-state index contributed by atoms with van der Waals surface area (Å²) in [6, 6.07) is 15.3. The van der Waals surface area contributed by atoms with E-state index in [0.29, 0.717) is 23.7 Å². The highest BCUT2D eigenvalue weighted by atomic mass is 16.5. The Morgan fingerprint density at radius 1 is 1.07 bits per heavy atom. The van der Waals surface area contributed by atoms with Gasteiger partial charge in [0.2, 0.25) is 0 Å². The number of nitrogens with zero attached hydrogens (tertiary/aromatic N) is 2. The van der Waals surface area contributed by atoms with Crippen LogP contribution in [-0.4, -0.2) is 47.9 Å². The fourth-order valence-electron chi connectivity index (χ4n) is 3.21. The number of aliphatic hydroxyl groups excluding tert-OH is 1. The van der Waals surface area contributed by atoms with Crippen molar-refractivity contribution in [1.29, 1.82) is 0 Å². The summed E-state index contributed by atoms with van der Waals surface area (Å²) >= 11 is 0. The van der Waals surface area contributed by atoms with Gasteiger partial charge in [0.25, 0.3) is 5.91 Å². The third kappa shape index (κ3) is 3.75. The number of benzene rings is 2. The van der Waals surface area contributed by atoms with Crippen molar-refractivity contribution in [3.8, 4) is 11.5 Å². The summed E-state index contributed by atoms with van der Waals surface area (Å²) in [4.78, 5) is 14.8. The van der Waals surface area contributed by atoms with E-state index in [4.69, 9.17) is 9.47 Å². The van der Waals surface area contributed by atoms with Crippen molar-refractivity contribution in [2.24, 2.45) is 7.05 Å². The van der Waals surface area contributed by atoms with Gasteiger partial charge in [-0.05, 0) is 17.7 Å². The molecule has 1 N–H and O–H groups in total. The second-order valence-corrected chi connectivity index (χ2v) is 6.29. The molecule has 2 aromatic carbocycles. The molecule has 0 saturated carbocycles. The van der Waals surface area contributed by atoms with Crippen molar-refractivity contribution in [2.45, 2.75) is 6.54 Å². The van der Waals surface area contributed by atoms with Crippen molar-refractivity contribution in [2.75, 3.05) is 27.4 Å². The molecule has 0 aliphatic rings. The van der Waals surface area contributed by atoms with E-state index in [0.717, 1.165) is 16.5 Å². The number of rotatable bonds is 7. The van der Waals surface area contributed by atoms with Crippen molar-refractivity contribution in [3.05, 3.63) is 59.8 Å². The van der Waals surface area contributed by atoms with Gasteiger partial charge in [-0.3, -0.25) is 4.79 Å². The molecule has 3 aromatic rings. The Balaban J connectivity index is 1.98. The quantitative estimate of drug-likeness (QED) is 0.697. The first-order valence-electron chi connectivity index (χ1n) is 8.74. The lowest BCUT2D eigenvalue weighted by atomic mass is 10.2. The highest BCUT2D eigenvalue weighted by Crippen LogP contribution is 2.33. The summed E-state index contributed by atoms with van der Waals surface area (Å²) in [6.07, 6.45) is 0. The summed E-state index contributed by atoms with van der Waals surface area (Å²) in [6.45, 7) is 0.612.